The fraction of sp³-hybridized carbons (Fsp3) is 0.500. The third-order valence-corrected chi connectivity index (χ3v) is 9.92. The van der Waals surface area contributed by atoms with E-state index in [9.17, 15) is 24.3 Å². The van der Waals surface area contributed by atoms with Crippen molar-refractivity contribution in [1.29, 1.82) is 0 Å². The average Bonchev–Trinajstić information content (AvgIpc) is 3.56. The van der Waals surface area contributed by atoms with Crippen LogP contribution in [0.15, 0.2) is 53.7 Å². The maximum Gasteiger partial charge on any atom is 0.303 e. The molecule has 2 N–H and O–H groups in total. The molecule has 0 spiro atoms. The van der Waals surface area contributed by atoms with Crippen molar-refractivity contribution >= 4 is 58.5 Å². The quantitative estimate of drug-likeness (QED) is 0.104. The van der Waals surface area contributed by atoms with Gasteiger partial charge in [0.15, 0.2) is 24.6 Å². The highest BCUT2D eigenvalue weighted by Gasteiger charge is 2.52. The largest absolute Gasteiger partial charge is 0.463 e. The molecule has 2 saturated heterocycles. The fourth-order valence-corrected chi connectivity index (χ4v) is 7.32. The molecule has 17 nitrogen and oxygen atoms in total. The van der Waals surface area contributed by atoms with Gasteiger partial charge in [-0.3, -0.25) is 19.2 Å². The van der Waals surface area contributed by atoms with Crippen LogP contribution in [0.1, 0.15) is 69.6 Å². The first-order chi connectivity index (χ1) is 26.3. The van der Waals surface area contributed by atoms with Crippen molar-refractivity contribution in [2.45, 2.75) is 101 Å². The van der Waals surface area contributed by atoms with Crippen LogP contribution in [0.4, 0.5) is 5.69 Å². The van der Waals surface area contributed by atoms with E-state index in [0.717, 1.165) is 25.0 Å². The van der Waals surface area contributed by atoms with Gasteiger partial charge < -0.3 is 43.6 Å². The van der Waals surface area contributed by atoms with Crippen molar-refractivity contribution in [3.63, 3.8) is 0 Å². The van der Waals surface area contributed by atoms with Crippen molar-refractivity contribution in [2.75, 3.05) is 17.7 Å². The monoisotopic (exact) mass is 801 g/mol. The van der Waals surface area contributed by atoms with Crippen LogP contribution >= 0.6 is 24.0 Å². The predicted molar refractivity (Wildman–Crippen MR) is 197 cm³/mol. The number of carbonyl (C=O) groups excluding carboxylic acids is 4. The Morgan fingerprint density at radius 3 is 2.18 bits per heavy atom. The number of aryl methyl sites for hydroxylation is 1. The summed E-state index contributed by atoms with van der Waals surface area (Å²) < 4.78 is 42.6. The molecule has 2 aliphatic rings. The molecule has 5 rings (SSSR count). The van der Waals surface area contributed by atoms with Gasteiger partial charge in [-0.05, 0) is 33.7 Å². The molecule has 0 radical (unpaired) electrons. The number of hydrogen-bond acceptors (Lipinski definition) is 17. The van der Waals surface area contributed by atoms with Gasteiger partial charge in [0.25, 0.3) is 0 Å². The zero-order valence-corrected chi connectivity index (χ0v) is 32.4. The van der Waals surface area contributed by atoms with Crippen LogP contribution in [0, 0.1) is 0 Å². The van der Waals surface area contributed by atoms with E-state index in [2.05, 4.69) is 20.8 Å². The van der Waals surface area contributed by atoms with Crippen LogP contribution in [-0.4, -0.2) is 103 Å². The molecule has 19 heteroatoms. The van der Waals surface area contributed by atoms with E-state index in [1.807, 2.05) is 42.5 Å². The lowest BCUT2D eigenvalue weighted by molar-refractivity contribution is -0.251. The van der Waals surface area contributed by atoms with Crippen LogP contribution in [0.25, 0.3) is 0 Å². The number of anilines is 1. The highest BCUT2D eigenvalue weighted by Crippen LogP contribution is 2.40. The summed E-state index contributed by atoms with van der Waals surface area (Å²) in [6.45, 7) is 4.28. The van der Waals surface area contributed by atoms with Gasteiger partial charge in [-0.25, -0.2) is 4.68 Å². The number of thioether (sulfide) groups is 1. The maximum absolute atomic E-state index is 12.3. The number of aliphatic hydroxyl groups is 1. The molecule has 0 bridgehead atoms. The van der Waals surface area contributed by atoms with Crippen LogP contribution < -0.4 is 5.32 Å². The molecule has 3 heterocycles. The average molecular weight is 802 g/mol. The molecule has 55 heavy (non-hydrogen) atoms. The van der Waals surface area contributed by atoms with Crippen LogP contribution in [0.2, 0.25) is 0 Å². The lowest BCUT2D eigenvalue weighted by atomic mass is 9.92. The molecule has 0 saturated carbocycles. The summed E-state index contributed by atoms with van der Waals surface area (Å²) in [6.07, 6.45) is -6.76. The molecule has 0 amide bonds. The number of ether oxygens (including phenoxy) is 7. The fourth-order valence-electron chi connectivity index (χ4n) is 6.17. The van der Waals surface area contributed by atoms with Crippen molar-refractivity contribution < 1.29 is 57.4 Å². The minimum Gasteiger partial charge on any atom is -0.463 e. The zero-order valence-electron chi connectivity index (χ0n) is 30.8. The Morgan fingerprint density at radius 1 is 0.891 bits per heavy atom. The number of nitrogens with one attached hydrogen (secondary N) is 1. The second kappa shape index (κ2) is 19.4. The highest BCUT2D eigenvalue weighted by atomic mass is 32.2. The first kappa shape index (κ1) is 41.6. The normalized spacial score (nSPS) is 25.0. The molecule has 2 aromatic carbocycles. The van der Waals surface area contributed by atoms with E-state index in [4.69, 9.17) is 45.4 Å². The number of nitrogens with zero attached hydrogens (tertiary/aromatic N) is 4. The van der Waals surface area contributed by atoms with Crippen molar-refractivity contribution in [3.8, 4) is 0 Å². The Bertz CT molecular complexity index is 1830. The SMILES string of the molecule is CC(=O)OCC1OC(CC(=S)Nc2cccc(C3OC(CSc4nnnn4C)CC(c4ccc(CO)cc4)O3)c2)C(OC(C)=O)C(OC(C)=O)C1OC(C)=O. The maximum atomic E-state index is 12.3. The minimum absolute atomic E-state index is 0.0445. The third-order valence-electron chi connectivity index (χ3n) is 8.51. The molecule has 1 aromatic heterocycles. The molecular weight excluding hydrogens is 759 g/mol. The number of tetrazole rings is 1. The first-order valence-corrected chi connectivity index (χ1v) is 18.7. The van der Waals surface area contributed by atoms with Crippen LogP contribution in [0.5, 0.6) is 0 Å². The van der Waals surface area contributed by atoms with Gasteiger partial charge in [-0.1, -0.05) is 60.4 Å². The smallest absolute Gasteiger partial charge is 0.303 e. The summed E-state index contributed by atoms with van der Waals surface area (Å²) in [4.78, 5) is 48.5. The number of carbonyl (C=O) groups is 4. The molecule has 296 valence electrons. The molecular formula is C36H43N5O12S2. The number of benzene rings is 2. The van der Waals surface area contributed by atoms with Crippen molar-refractivity contribution in [2.24, 2.45) is 7.05 Å². The Balaban J connectivity index is 1.35. The highest BCUT2D eigenvalue weighted by molar-refractivity contribution is 7.99. The number of rotatable bonds is 14. The van der Waals surface area contributed by atoms with E-state index in [1.165, 1.54) is 25.6 Å². The third kappa shape index (κ3) is 11.7. The van der Waals surface area contributed by atoms with Crippen molar-refractivity contribution in [1.82, 2.24) is 20.2 Å². The lowest BCUT2D eigenvalue weighted by Crippen LogP contribution is -2.62. The Hall–Kier alpha value is -4.53. The second-order valence-electron chi connectivity index (χ2n) is 12.9. The minimum atomic E-state index is -1.31. The van der Waals surface area contributed by atoms with Crippen LogP contribution in [0.3, 0.4) is 0 Å². The molecule has 8 unspecified atom stereocenters. The molecule has 3 aromatic rings. The van der Waals surface area contributed by atoms with E-state index < -0.39 is 60.7 Å². The van der Waals surface area contributed by atoms with Gasteiger partial charge in [-0.2, -0.15) is 0 Å². The molecule has 0 aliphatic carbocycles. The van der Waals surface area contributed by atoms with Crippen molar-refractivity contribution in [3.05, 3.63) is 65.2 Å². The van der Waals surface area contributed by atoms with E-state index in [0.29, 0.717) is 28.6 Å². The number of hydrogen-bond donors (Lipinski definition) is 2. The number of esters is 4. The molecule has 2 fully saturated rings. The summed E-state index contributed by atoms with van der Waals surface area (Å²) >= 11 is 7.22. The Kier molecular flexibility index (Phi) is 14.7. The lowest BCUT2D eigenvalue weighted by Gasteiger charge is -2.44. The standard InChI is InChI=1S/C36H43N5O12S2/c1-19(43)47-17-30-33(49-21(3)45)34(50-22(4)46)32(48-20(2)44)29(52-30)15-31(54)37-26-8-6-7-25(13-26)35-51-27(18-55-36-38-39-40-41(36)5)14-28(53-35)24-11-9-23(16-42)10-12-24/h6-13,27-30,32-35,42H,14-18H2,1-5H3,(H,37,54). The van der Waals surface area contributed by atoms with Gasteiger partial charge in [0.2, 0.25) is 5.16 Å². The van der Waals surface area contributed by atoms with E-state index in [1.54, 1.807) is 17.8 Å². The van der Waals surface area contributed by atoms with Gasteiger partial charge in [0, 0.05) is 64.6 Å². The second-order valence-corrected chi connectivity index (χ2v) is 14.3. The molecule has 2 aliphatic heterocycles. The Labute approximate surface area is 326 Å². The van der Waals surface area contributed by atoms with Crippen LogP contribution in [-0.2, 0) is 66.0 Å². The number of thiocarbonyl (C=S) groups is 1. The van der Waals surface area contributed by atoms with Gasteiger partial charge in [-0.15, -0.1) is 5.10 Å². The summed E-state index contributed by atoms with van der Waals surface area (Å²) in [7, 11) is 1.76. The van der Waals surface area contributed by atoms with Gasteiger partial charge >= 0.3 is 23.9 Å². The predicted octanol–water partition coefficient (Wildman–Crippen LogP) is 3.30. The number of aliphatic hydroxyl groups excluding tert-OH is 1. The number of aromatic nitrogens is 4. The topological polar surface area (TPSA) is 209 Å². The van der Waals surface area contributed by atoms with Gasteiger partial charge in [0.1, 0.15) is 18.8 Å². The summed E-state index contributed by atoms with van der Waals surface area (Å²) in [5.74, 6) is -2.22. The first-order valence-electron chi connectivity index (χ1n) is 17.4. The summed E-state index contributed by atoms with van der Waals surface area (Å²) in [6, 6.07) is 14.9. The van der Waals surface area contributed by atoms with E-state index >= 15 is 0 Å². The van der Waals surface area contributed by atoms with E-state index in [-0.39, 0.29) is 36.8 Å². The summed E-state index contributed by atoms with van der Waals surface area (Å²) in [5.41, 5.74) is 3.01. The zero-order chi connectivity index (χ0) is 39.6. The summed E-state index contributed by atoms with van der Waals surface area (Å²) in [5, 5.41) is 25.1. The van der Waals surface area contributed by atoms with Gasteiger partial charge in [0.05, 0.1) is 23.8 Å². The molecule has 8 atom stereocenters. The Morgan fingerprint density at radius 2 is 1.56 bits per heavy atom.